The van der Waals surface area contributed by atoms with Gasteiger partial charge in [-0.05, 0) is 12.5 Å². The third-order valence-electron chi connectivity index (χ3n) is 4.21. The maximum Gasteiger partial charge on any atom is 0.188 e. The van der Waals surface area contributed by atoms with E-state index in [1.807, 2.05) is 48.5 Å². The molecule has 2 aromatic rings. The Bertz CT molecular complexity index is 651. The molecule has 3 nitrogen and oxygen atoms in total. The third kappa shape index (κ3) is 3.04. The number of ketones is 1. The normalized spacial score (nSPS) is 19.5. The number of rotatable bonds is 6. The van der Waals surface area contributed by atoms with E-state index in [4.69, 9.17) is 9.47 Å². The van der Waals surface area contributed by atoms with E-state index in [0.717, 1.165) is 12.2 Å². The van der Waals surface area contributed by atoms with Crippen molar-refractivity contribution < 1.29 is 14.3 Å². The minimum Gasteiger partial charge on any atom is -0.492 e. The van der Waals surface area contributed by atoms with Gasteiger partial charge in [-0.1, -0.05) is 55.5 Å². The molecule has 114 valence electrons. The highest BCUT2D eigenvalue weighted by atomic mass is 16.5. The molecule has 0 saturated heterocycles. The highest BCUT2D eigenvalue weighted by Gasteiger charge is 2.35. The quantitative estimate of drug-likeness (QED) is 0.603. The van der Waals surface area contributed by atoms with Gasteiger partial charge in [0.15, 0.2) is 5.78 Å². The lowest BCUT2D eigenvalue weighted by atomic mass is 9.82. The summed E-state index contributed by atoms with van der Waals surface area (Å²) in [6, 6.07) is 17.4. The summed E-state index contributed by atoms with van der Waals surface area (Å²) in [5.41, 5.74) is 1.89. The molecule has 1 aliphatic rings. The first-order valence-corrected chi connectivity index (χ1v) is 7.57. The van der Waals surface area contributed by atoms with Crippen LogP contribution in [0.4, 0.5) is 0 Å². The second-order valence-electron chi connectivity index (χ2n) is 5.94. The van der Waals surface area contributed by atoms with Crippen molar-refractivity contribution >= 4 is 5.78 Å². The van der Waals surface area contributed by atoms with Crippen LogP contribution in [0.15, 0.2) is 54.6 Å². The first-order chi connectivity index (χ1) is 10.7. The number of benzene rings is 2. The molecule has 0 unspecified atom stereocenters. The number of ether oxygens (including phenoxy) is 2. The predicted octanol–water partition coefficient (Wildman–Crippen LogP) is 3.63. The van der Waals surface area contributed by atoms with E-state index >= 15 is 0 Å². The van der Waals surface area contributed by atoms with Gasteiger partial charge < -0.3 is 9.47 Å². The Hall–Kier alpha value is -2.13. The third-order valence-corrected chi connectivity index (χ3v) is 4.21. The van der Waals surface area contributed by atoms with Gasteiger partial charge in [-0.15, -0.1) is 0 Å². The van der Waals surface area contributed by atoms with Crippen LogP contribution in [0, 0.1) is 0 Å². The summed E-state index contributed by atoms with van der Waals surface area (Å²) in [5, 5.41) is 0. The van der Waals surface area contributed by atoms with E-state index in [1.165, 1.54) is 5.56 Å². The molecular formula is C19H20O3. The molecule has 1 heterocycles. The fourth-order valence-corrected chi connectivity index (χ4v) is 2.78. The van der Waals surface area contributed by atoms with Crippen LogP contribution in [-0.4, -0.2) is 25.6 Å². The largest absolute Gasteiger partial charge is 0.492 e. The summed E-state index contributed by atoms with van der Waals surface area (Å²) >= 11 is 0. The van der Waals surface area contributed by atoms with Crippen molar-refractivity contribution in [2.24, 2.45) is 0 Å². The molecule has 0 spiro atoms. The second-order valence-corrected chi connectivity index (χ2v) is 5.94. The van der Waals surface area contributed by atoms with Crippen molar-refractivity contribution in [3.8, 4) is 5.75 Å². The van der Waals surface area contributed by atoms with Crippen LogP contribution in [0.3, 0.4) is 0 Å². The number of para-hydroxylation sites is 1. The molecule has 2 aromatic carbocycles. The van der Waals surface area contributed by atoms with Crippen molar-refractivity contribution in [2.75, 3.05) is 19.8 Å². The zero-order chi connectivity index (χ0) is 15.4. The van der Waals surface area contributed by atoms with Crippen LogP contribution in [0.1, 0.15) is 29.3 Å². The summed E-state index contributed by atoms with van der Waals surface area (Å²) in [7, 11) is 0. The van der Waals surface area contributed by atoms with Crippen LogP contribution in [0.2, 0.25) is 0 Å². The van der Waals surface area contributed by atoms with Crippen LogP contribution < -0.4 is 4.74 Å². The fourth-order valence-electron chi connectivity index (χ4n) is 2.78. The number of hydrogen-bond acceptors (Lipinski definition) is 3. The van der Waals surface area contributed by atoms with Crippen molar-refractivity contribution in [2.45, 2.75) is 18.8 Å². The maximum atomic E-state index is 12.0. The highest BCUT2D eigenvalue weighted by molar-refractivity contribution is 5.96. The number of hydrogen-bond donors (Lipinski definition) is 0. The summed E-state index contributed by atoms with van der Waals surface area (Å²) in [4.78, 5) is 12.0. The number of Topliss-reactive ketones (excluding diaryl/α,β-unsaturated/α-hetero) is 1. The van der Waals surface area contributed by atoms with Crippen molar-refractivity contribution in [1.29, 1.82) is 0 Å². The van der Waals surface area contributed by atoms with Gasteiger partial charge in [0.05, 0.1) is 6.61 Å². The molecule has 0 bridgehead atoms. The van der Waals surface area contributed by atoms with Crippen LogP contribution >= 0.6 is 0 Å². The van der Waals surface area contributed by atoms with E-state index in [2.05, 4.69) is 13.0 Å². The van der Waals surface area contributed by atoms with E-state index in [1.54, 1.807) is 0 Å². The Morgan fingerprint density at radius 3 is 2.68 bits per heavy atom. The smallest absolute Gasteiger partial charge is 0.188 e. The molecule has 3 heteroatoms. The summed E-state index contributed by atoms with van der Waals surface area (Å²) in [5.74, 6) is 0.985. The van der Waals surface area contributed by atoms with Gasteiger partial charge in [0.2, 0.25) is 0 Å². The topological polar surface area (TPSA) is 35.5 Å². The Morgan fingerprint density at radius 2 is 1.86 bits per heavy atom. The van der Waals surface area contributed by atoms with Crippen LogP contribution in [0.25, 0.3) is 0 Å². The Labute approximate surface area is 130 Å². The molecule has 1 atom stereocenters. The number of carbonyl (C=O) groups is 1. The standard InChI is InChI=1S/C19H20O3/c1-19(14-22-18-10-6-5-9-16(18)19)11-12-21-13-17(20)15-7-3-2-4-8-15/h2-10H,11-14H2,1H3/t19-/m0/s1. The molecule has 0 fully saturated rings. The van der Waals surface area contributed by atoms with Crippen LogP contribution in [-0.2, 0) is 10.2 Å². The SMILES string of the molecule is C[C@]1(CCOCC(=O)c2ccccc2)COc2ccccc21. The van der Waals surface area contributed by atoms with Gasteiger partial charge in [-0.25, -0.2) is 0 Å². The van der Waals surface area contributed by atoms with Gasteiger partial charge in [0.1, 0.15) is 12.4 Å². The minimum absolute atomic E-state index is 0.0221. The zero-order valence-corrected chi connectivity index (χ0v) is 12.7. The zero-order valence-electron chi connectivity index (χ0n) is 12.7. The molecule has 0 radical (unpaired) electrons. The average Bonchev–Trinajstić information content (AvgIpc) is 2.90. The fraction of sp³-hybridized carbons (Fsp3) is 0.316. The van der Waals surface area contributed by atoms with Gasteiger partial charge in [0.25, 0.3) is 0 Å². The number of carbonyl (C=O) groups excluding carboxylic acids is 1. The molecule has 0 saturated carbocycles. The number of fused-ring (bicyclic) bond motifs is 1. The Balaban J connectivity index is 1.51. The summed E-state index contributed by atoms with van der Waals surface area (Å²) in [6.07, 6.45) is 0.839. The summed E-state index contributed by atoms with van der Waals surface area (Å²) < 4.78 is 11.3. The maximum absolute atomic E-state index is 12.0. The van der Waals surface area contributed by atoms with Gasteiger partial charge in [-0.3, -0.25) is 4.79 Å². The summed E-state index contributed by atoms with van der Waals surface area (Å²) in [6.45, 7) is 3.53. The van der Waals surface area contributed by atoms with Gasteiger partial charge in [0, 0.05) is 23.1 Å². The molecular weight excluding hydrogens is 276 g/mol. The lowest BCUT2D eigenvalue weighted by molar-refractivity contribution is 0.0714. The lowest BCUT2D eigenvalue weighted by Gasteiger charge is -2.22. The molecule has 0 N–H and O–H groups in total. The van der Waals surface area contributed by atoms with Crippen LogP contribution in [0.5, 0.6) is 5.75 Å². The van der Waals surface area contributed by atoms with Crippen molar-refractivity contribution in [1.82, 2.24) is 0 Å². The minimum atomic E-state index is -0.0353. The highest BCUT2D eigenvalue weighted by Crippen LogP contribution is 2.40. The second kappa shape index (κ2) is 6.32. The molecule has 0 amide bonds. The van der Waals surface area contributed by atoms with E-state index < -0.39 is 0 Å². The van der Waals surface area contributed by atoms with Gasteiger partial charge in [-0.2, -0.15) is 0 Å². The van der Waals surface area contributed by atoms with Gasteiger partial charge >= 0.3 is 0 Å². The lowest BCUT2D eigenvalue weighted by Crippen LogP contribution is -2.26. The predicted molar refractivity (Wildman–Crippen MR) is 85.5 cm³/mol. The Kier molecular flexibility index (Phi) is 4.25. The molecule has 0 aromatic heterocycles. The molecule has 3 rings (SSSR count). The van der Waals surface area contributed by atoms with Crippen molar-refractivity contribution in [3.05, 3.63) is 65.7 Å². The molecule has 0 aliphatic carbocycles. The molecule has 1 aliphatic heterocycles. The molecule has 22 heavy (non-hydrogen) atoms. The van der Waals surface area contributed by atoms with Crippen molar-refractivity contribution in [3.63, 3.8) is 0 Å². The first kappa shape index (κ1) is 14.8. The Morgan fingerprint density at radius 1 is 1.14 bits per heavy atom. The van der Waals surface area contributed by atoms with E-state index in [0.29, 0.717) is 18.8 Å². The van der Waals surface area contributed by atoms with E-state index in [-0.39, 0.29) is 17.8 Å². The average molecular weight is 296 g/mol. The van der Waals surface area contributed by atoms with E-state index in [9.17, 15) is 4.79 Å². The monoisotopic (exact) mass is 296 g/mol. The first-order valence-electron chi connectivity index (χ1n) is 7.57.